The molecule has 11 nitrogen and oxygen atoms in total. The normalized spacial score (nSPS) is 12.8. The van der Waals surface area contributed by atoms with Gasteiger partial charge in [-0.05, 0) is 19.3 Å². The summed E-state index contributed by atoms with van der Waals surface area (Å²) in [5.41, 5.74) is 0. The highest BCUT2D eigenvalue weighted by molar-refractivity contribution is 5.90. The second kappa shape index (κ2) is 13.6. The number of hydrogen-bond acceptors (Lipinski definition) is 7. The average molecular weight is 391 g/mol. The summed E-state index contributed by atoms with van der Waals surface area (Å²) in [6, 6.07) is -1.46. The van der Waals surface area contributed by atoms with Gasteiger partial charge in [0.25, 0.3) is 0 Å². The van der Waals surface area contributed by atoms with E-state index < -0.39 is 54.4 Å². The van der Waals surface area contributed by atoms with Crippen LogP contribution in [0.4, 0.5) is 0 Å². The van der Waals surface area contributed by atoms with Crippen LogP contribution in [0.2, 0.25) is 0 Å². The van der Waals surface area contributed by atoms with Gasteiger partial charge in [0.2, 0.25) is 5.91 Å². The molecule has 2 atom stereocenters. The van der Waals surface area contributed by atoms with Gasteiger partial charge in [0, 0.05) is 38.4 Å². The largest absolute Gasteiger partial charge is 0.481 e. The molecule has 0 aromatic rings. The highest BCUT2D eigenvalue weighted by atomic mass is 16.5. The van der Waals surface area contributed by atoms with Crippen LogP contribution >= 0.6 is 0 Å². The van der Waals surface area contributed by atoms with E-state index in [2.05, 4.69) is 5.32 Å². The number of aliphatic carboxylic acids is 3. The number of nitrogens with one attached hydrogen (secondary N) is 1. The lowest BCUT2D eigenvalue weighted by atomic mass is 9.95. The van der Waals surface area contributed by atoms with E-state index in [0.717, 1.165) is 0 Å². The van der Waals surface area contributed by atoms with Gasteiger partial charge in [-0.15, -0.1) is 0 Å². The number of carbonyl (C=O) groups excluding carboxylic acids is 2. The second-order valence-electron chi connectivity index (χ2n) is 5.83. The number of ketones is 1. The van der Waals surface area contributed by atoms with Gasteiger partial charge in [-0.1, -0.05) is 0 Å². The molecule has 0 heterocycles. The van der Waals surface area contributed by atoms with E-state index in [0.29, 0.717) is 6.42 Å². The van der Waals surface area contributed by atoms with Crippen LogP contribution in [0.25, 0.3) is 0 Å². The zero-order valence-electron chi connectivity index (χ0n) is 14.8. The summed E-state index contributed by atoms with van der Waals surface area (Å²) < 4.78 is 5.01. The van der Waals surface area contributed by atoms with Crippen molar-refractivity contribution in [2.75, 3.05) is 19.8 Å². The van der Waals surface area contributed by atoms with Crippen molar-refractivity contribution in [3.05, 3.63) is 0 Å². The number of Topliss-reactive ketones (excluding diaryl/α,β-unsaturated/α-hetero) is 1. The van der Waals surface area contributed by atoms with Crippen molar-refractivity contribution in [1.29, 1.82) is 0 Å². The Morgan fingerprint density at radius 3 is 2.04 bits per heavy atom. The Bertz CT molecular complexity index is 533. The highest BCUT2D eigenvalue weighted by Crippen LogP contribution is 2.14. The van der Waals surface area contributed by atoms with Crippen LogP contribution in [0.5, 0.6) is 0 Å². The first-order valence-corrected chi connectivity index (χ1v) is 8.34. The molecule has 0 spiro atoms. The summed E-state index contributed by atoms with van der Waals surface area (Å²) in [5.74, 6) is -6.23. The van der Waals surface area contributed by atoms with Crippen molar-refractivity contribution < 1.29 is 49.1 Å². The van der Waals surface area contributed by atoms with Crippen LogP contribution in [0.1, 0.15) is 38.5 Å². The van der Waals surface area contributed by atoms with Crippen molar-refractivity contribution >= 4 is 29.6 Å². The fourth-order valence-electron chi connectivity index (χ4n) is 2.12. The molecule has 11 heteroatoms. The summed E-state index contributed by atoms with van der Waals surface area (Å²) in [7, 11) is 0. The molecule has 0 saturated carbocycles. The molecule has 0 aliphatic carbocycles. The van der Waals surface area contributed by atoms with Crippen molar-refractivity contribution in [3.63, 3.8) is 0 Å². The van der Waals surface area contributed by atoms with Crippen molar-refractivity contribution in [3.8, 4) is 0 Å². The lowest BCUT2D eigenvalue weighted by Crippen LogP contribution is -2.44. The van der Waals surface area contributed by atoms with E-state index in [1.54, 1.807) is 0 Å². The van der Waals surface area contributed by atoms with Crippen LogP contribution < -0.4 is 5.32 Å². The minimum absolute atomic E-state index is 0.106. The van der Waals surface area contributed by atoms with E-state index in [1.165, 1.54) is 0 Å². The molecule has 0 aliphatic heterocycles. The number of carbonyl (C=O) groups is 5. The predicted molar refractivity (Wildman–Crippen MR) is 88.9 cm³/mol. The SMILES string of the molecule is O=C(O)CC[C@H](CC(=O)COCCCO)C(=O)N[C@@H](CCC(=O)O)C(=O)O. The monoisotopic (exact) mass is 391 g/mol. The van der Waals surface area contributed by atoms with Crippen LogP contribution in [0.3, 0.4) is 0 Å². The number of amides is 1. The van der Waals surface area contributed by atoms with Crippen LogP contribution in [0.15, 0.2) is 0 Å². The molecule has 0 unspecified atom stereocenters. The quantitative estimate of drug-likeness (QED) is 0.210. The van der Waals surface area contributed by atoms with Gasteiger partial charge in [0.05, 0.1) is 0 Å². The number of aliphatic hydroxyl groups is 1. The minimum Gasteiger partial charge on any atom is -0.481 e. The Morgan fingerprint density at radius 2 is 1.52 bits per heavy atom. The molecule has 0 aromatic heterocycles. The van der Waals surface area contributed by atoms with Crippen LogP contribution in [-0.4, -0.2) is 75.9 Å². The van der Waals surface area contributed by atoms with E-state index in [-0.39, 0.29) is 39.1 Å². The molecule has 0 fully saturated rings. The maximum absolute atomic E-state index is 12.3. The topological polar surface area (TPSA) is 188 Å². The summed E-state index contributed by atoms with van der Waals surface area (Å²) >= 11 is 0. The summed E-state index contributed by atoms with van der Waals surface area (Å²) in [4.78, 5) is 56.6. The van der Waals surface area contributed by atoms with E-state index >= 15 is 0 Å². The molecule has 1 amide bonds. The Kier molecular flexibility index (Phi) is 12.4. The van der Waals surface area contributed by atoms with Gasteiger partial charge in [0.15, 0.2) is 5.78 Å². The summed E-state index contributed by atoms with van der Waals surface area (Å²) in [6.45, 7) is -0.284. The van der Waals surface area contributed by atoms with E-state index in [1.807, 2.05) is 0 Å². The smallest absolute Gasteiger partial charge is 0.326 e. The molecule has 0 aliphatic rings. The Labute approximate surface area is 155 Å². The fourth-order valence-corrected chi connectivity index (χ4v) is 2.12. The molecule has 154 valence electrons. The van der Waals surface area contributed by atoms with Crippen LogP contribution in [0, 0.1) is 5.92 Å². The molecule has 0 radical (unpaired) electrons. The van der Waals surface area contributed by atoms with Crippen molar-refractivity contribution in [2.24, 2.45) is 5.92 Å². The lowest BCUT2D eigenvalue weighted by Gasteiger charge is -2.19. The average Bonchev–Trinajstić information content (AvgIpc) is 2.58. The molecule has 5 N–H and O–H groups in total. The summed E-state index contributed by atoms with van der Waals surface area (Å²) in [5, 5.41) is 37.2. The molecule has 0 bridgehead atoms. The van der Waals surface area contributed by atoms with Crippen molar-refractivity contribution in [2.45, 2.75) is 44.6 Å². The van der Waals surface area contributed by atoms with Gasteiger partial charge >= 0.3 is 17.9 Å². The number of rotatable bonds is 16. The number of carboxylic acids is 3. The van der Waals surface area contributed by atoms with Gasteiger partial charge in [-0.3, -0.25) is 19.2 Å². The molecule has 0 aromatic carbocycles. The first-order valence-electron chi connectivity index (χ1n) is 8.34. The maximum Gasteiger partial charge on any atom is 0.326 e. The second-order valence-corrected chi connectivity index (χ2v) is 5.83. The third kappa shape index (κ3) is 12.5. The zero-order valence-corrected chi connectivity index (χ0v) is 14.8. The zero-order chi connectivity index (χ0) is 20.8. The predicted octanol–water partition coefficient (Wildman–Crippen LogP) is -0.740. The Morgan fingerprint density at radius 1 is 0.926 bits per heavy atom. The summed E-state index contributed by atoms with van der Waals surface area (Å²) in [6.07, 6.45) is -1.42. The third-order valence-corrected chi connectivity index (χ3v) is 3.52. The first kappa shape index (κ1) is 24.5. The van der Waals surface area contributed by atoms with Gasteiger partial charge in [-0.25, -0.2) is 4.79 Å². The molecule has 0 saturated heterocycles. The number of hydrogen-bond donors (Lipinski definition) is 5. The van der Waals surface area contributed by atoms with Gasteiger partial charge in [0.1, 0.15) is 12.6 Å². The molecule has 27 heavy (non-hydrogen) atoms. The fraction of sp³-hybridized carbons (Fsp3) is 0.688. The number of ether oxygens (including phenoxy) is 1. The molecular weight excluding hydrogens is 366 g/mol. The Balaban J connectivity index is 4.84. The van der Waals surface area contributed by atoms with Gasteiger partial charge < -0.3 is 30.5 Å². The number of carboxylic acid groups (broad SMARTS) is 3. The van der Waals surface area contributed by atoms with E-state index in [9.17, 15) is 24.0 Å². The standard InChI is InChI=1S/C16H25NO10/c18-6-1-7-27-9-11(19)8-10(2-4-13(20)21)15(24)17-12(16(25)26)3-5-14(22)23/h10,12,18H,1-9H2,(H,17,24)(H,20,21)(H,22,23)(H,25,26)/t10-,12+/m1/s1. The van der Waals surface area contributed by atoms with E-state index in [4.69, 9.17) is 25.2 Å². The first-order chi connectivity index (χ1) is 12.7. The minimum atomic E-state index is -1.46. The maximum atomic E-state index is 12.3. The highest BCUT2D eigenvalue weighted by Gasteiger charge is 2.27. The lowest BCUT2D eigenvalue weighted by molar-refractivity contribution is -0.144. The third-order valence-electron chi connectivity index (χ3n) is 3.52. The molecular formula is C16H25NO10. The Hall–Kier alpha value is -2.53. The van der Waals surface area contributed by atoms with Crippen LogP contribution in [-0.2, 0) is 28.7 Å². The molecule has 0 rings (SSSR count). The number of aliphatic hydroxyl groups excluding tert-OH is 1. The van der Waals surface area contributed by atoms with Crippen molar-refractivity contribution in [1.82, 2.24) is 5.32 Å². The van der Waals surface area contributed by atoms with Gasteiger partial charge in [-0.2, -0.15) is 0 Å².